The molecule has 1 heterocycles. The highest BCUT2D eigenvalue weighted by Crippen LogP contribution is 2.38. The Morgan fingerprint density at radius 1 is 0.519 bits per heavy atom. The van der Waals surface area contributed by atoms with E-state index in [1.165, 1.54) is 0 Å². The number of carbonyl (C=O) groups excluding carboxylic acids is 4. The van der Waals surface area contributed by atoms with Crippen LogP contribution in [0.25, 0.3) is 0 Å². The van der Waals surface area contributed by atoms with Gasteiger partial charge in [-0.3, -0.25) is 19.2 Å². The molecule has 4 N–H and O–H groups in total. The van der Waals surface area contributed by atoms with E-state index in [9.17, 15) is 29.4 Å². The summed E-state index contributed by atoms with van der Waals surface area (Å²) in [4.78, 5) is 50.1. The Kier molecular flexibility index (Phi) is 11.8. The van der Waals surface area contributed by atoms with Crippen molar-refractivity contribution in [3.63, 3.8) is 0 Å². The summed E-state index contributed by atoms with van der Waals surface area (Å²) in [5.74, 6) is -0.0704. The number of carbonyl (C=O) groups is 4. The molecule has 4 aromatic carbocycles. The molecule has 4 aromatic rings. The minimum atomic E-state index is -0.385. The van der Waals surface area contributed by atoms with Gasteiger partial charge in [0.25, 0.3) is 11.8 Å². The molecule has 270 valence electrons. The highest BCUT2D eigenvalue weighted by atomic mass is 16.5. The number of aromatic hydroxyl groups is 2. The normalized spacial score (nSPS) is 16.0. The molecule has 12 nitrogen and oxygen atoms in total. The highest BCUT2D eigenvalue weighted by molar-refractivity contribution is 5.79. The molecule has 0 fully saturated rings. The average Bonchev–Trinajstić information content (AvgIpc) is 3.14. The number of hydrogen-bond donors (Lipinski definition) is 4. The van der Waals surface area contributed by atoms with Crippen LogP contribution in [-0.4, -0.2) is 87.3 Å². The van der Waals surface area contributed by atoms with E-state index in [1.54, 1.807) is 24.3 Å². The summed E-state index contributed by atoms with van der Waals surface area (Å²) in [5.41, 5.74) is 5.01. The van der Waals surface area contributed by atoms with Crippen LogP contribution < -0.4 is 20.1 Å². The lowest BCUT2D eigenvalue weighted by molar-refractivity contribution is -0.124. The Bertz CT molecular complexity index is 1740. The van der Waals surface area contributed by atoms with Crippen molar-refractivity contribution in [2.24, 2.45) is 0 Å². The predicted molar refractivity (Wildman–Crippen MR) is 190 cm³/mol. The van der Waals surface area contributed by atoms with E-state index in [2.05, 4.69) is 10.6 Å². The summed E-state index contributed by atoms with van der Waals surface area (Å²) in [7, 11) is 0. The molecule has 0 aromatic heterocycles. The van der Waals surface area contributed by atoms with Crippen LogP contribution in [0.2, 0.25) is 0 Å². The molecule has 2 aliphatic rings. The summed E-state index contributed by atoms with van der Waals surface area (Å²) in [6, 6.07) is 17.3. The fourth-order valence-electron chi connectivity index (χ4n) is 6.50. The second kappa shape index (κ2) is 17.0. The molecule has 1 aliphatic carbocycles. The van der Waals surface area contributed by atoms with E-state index >= 15 is 0 Å². The SMILES string of the molecule is O=Cc1cc2c(O)c(c1)Cc1cccc3c1OCC(=O)NCCOCCOCCNC(=O)COc1c(cccc1Cc1cc(C=O)cc(c1O)C3)C2. The fourth-order valence-corrected chi connectivity index (χ4v) is 6.50. The van der Waals surface area contributed by atoms with Crippen LogP contribution in [0.5, 0.6) is 23.0 Å². The van der Waals surface area contributed by atoms with Crippen LogP contribution in [0.4, 0.5) is 0 Å². The third-order valence-electron chi connectivity index (χ3n) is 8.94. The van der Waals surface area contributed by atoms with Crippen molar-refractivity contribution in [3.05, 3.63) is 116 Å². The van der Waals surface area contributed by atoms with Crippen molar-refractivity contribution >= 4 is 24.4 Å². The number of para-hydroxylation sites is 2. The maximum Gasteiger partial charge on any atom is 0.258 e. The molecule has 0 spiro atoms. The van der Waals surface area contributed by atoms with E-state index < -0.39 is 0 Å². The molecule has 0 radical (unpaired) electrons. The number of phenols is 2. The lowest BCUT2D eigenvalue weighted by Gasteiger charge is -2.21. The molecule has 0 saturated carbocycles. The van der Waals surface area contributed by atoms with Gasteiger partial charge in [0, 0.05) is 49.9 Å². The average molecular weight is 709 g/mol. The Hall–Kier alpha value is -5.72. The summed E-state index contributed by atoms with van der Waals surface area (Å²) in [5, 5.41) is 28.9. The number of aldehydes is 2. The first-order valence-electron chi connectivity index (χ1n) is 17.1. The number of benzene rings is 4. The number of ether oxygens (including phenoxy) is 4. The van der Waals surface area contributed by atoms with Crippen molar-refractivity contribution in [2.75, 3.05) is 52.7 Å². The van der Waals surface area contributed by atoms with Gasteiger partial charge in [0.05, 0.1) is 26.4 Å². The standard InChI is InChI=1S/C40H40N2O10/c43-21-25-13-31-17-27-3-1-4-28-18-32-14-26(22-44)16-34(38(32)48)20-30-6-2-5-29(19-33(15-25)37(31)47)40(30)52-24-36(46)42-8-10-50-12-11-49-9-7-41-35(45)23-51-39(27)28/h1-6,13-16,21-22,47-48H,7-12,17-20,23-24H2,(H,41,45)(H,42,46). The van der Waals surface area contributed by atoms with Crippen LogP contribution in [0.1, 0.15) is 65.2 Å². The topological polar surface area (TPSA) is 170 Å². The quantitative estimate of drug-likeness (QED) is 0.199. The number of amides is 2. The van der Waals surface area contributed by atoms with Crippen molar-refractivity contribution < 1.29 is 48.3 Å². The molecule has 2 amide bonds. The van der Waals surface area contributed by atoms with Gasteiger partial charge < -0.3 is 39.8 Å². The van der Waals surface area contributed by atoms with Gasteiger partial charge in [-0.2, -0.15) is 0 Å². The van der Waals surface area contributed by atoms with Crippen LogP contribution in [-0.2, 0) is 44.7 Å². The molecule has 0 unspecified atom stereocenters. The van der Waals surface area contributed by atoms with Gasteiger partial charge in [0.1, 0.15) is 35.6 Å². The molecule has 1 aliphatic heterocycles. The van der Waals surface area contributed by atoms with Gasteiger partial charge in [-0.05, 0) is 68.8 Å². The van der Waals surface area contributed by atoms with Gasteiger partial charge >= 0.3 is 0 Å². The third kappa shape index (κ3) is 8.76. The van der Waals surface area contributed by atoms with Gasteiger partial charge in [0.15, 0.2) is 13.2 Å². The Morgan fingerprint density at radius 2 is 0.865 bits per heavy atom. The first-order chi connectivity index (χ1) is 25.3. The molecule has 12 heteroatoms. The van der Waals surface area contributed by atoms with Gasteiger partial charge in [-0.25, -0.2) is 0 Å². The van der Waals surface area contributed by atoms with Crippen molar-refractivity contribution in [1.82, 2.24) is 10.6 Å². The maximum absolute atomic E-state index is 12.9. The van der Waals surface area contributed by atoms with E-state index in [0.717, 1.165) is 0 Å². The minimum absolute atomic E-state index is 0.0232. The van der Waals surface area contributed by atoms with E-state index in [0.29, 0.717) is 92.9 Å². The van der Waals surface area contributed by atoms with E-state index in [1.807, 2.05) is 36.4 Å². The second-order valence-electron chi connectivity index (χ2n) is 12.6. The Labute approximate surface area is 300 Å². The lowest BCUT2D eigenvalue weighted by Crippen LogP contribution is -2.32. The zero-order valence-electron chi connectivity index (χ0n) is 28.6. The van der Waals surface area contributed by atoms with Crippen molar-refractivity contribution in [3.8, 4) is 23.0 Å². The molecule has 52 heavy (non-hydrogen) atoms. The largest absolute Gasteiger partial charge is 0.507 e. The second-order valence-corrected chi connectivity index (χ2v) is 12.6. The van der Waals surface area contributed by atoms with Crippen LogP contribution in [0.3, 0.4) is 0 Å². The third-order valence-corrected chi connectivity index (χ3v) is 8.94. The van der Waals surface area contributed by atoms with Gasteiger partial charge in [-0.1, -0.05) is 36.4 Å². The monoisotopic (exact) mass is 708 g/mol. The smallest absolute Gasteiger partial charge is 0.258 e. The van der Waals surface area contributed by atoms with Crippen LogP contribution in [0.15, 0.2) is 60.7 Å². The zero-order valence-corrected chi connectivity index (χ0v) is 28.6. The van der Waals surface area contributed by atoms with E-state index in [4.69, 9.17) is 18.9 Å². The Morgan fingerprint density at radius 3 is 1.19 bits per heavy atom. The summed E-state index contributed by atoms with van der Waals surface area (Å²) < 4.78 is 23.5. The first-order valence-corrected chi connectivity index (χ1v) is 17.1. The number of fused-ring (bicyclic) bond motifs is 2. The lowest BCUT2D eigenvalue weighted by atomic mass is 9.90. The molecular formula is C40H40N2O10. The van der Waals surface area contributed by atoms with Gasteiger partial charge in [0.2, 0.25) is 0 Å². The Balaban J connectivity index is 1.52. The molecular weight excluding hydrogens is 668 g/mol. The van der Waals surface area contributed by atoms with Crippen LogP contribution >= 0.6 is 0 Å². The maximum atomic E-state index is 12.9. The van der Waals surface area contributed by atoms with E-state index in [-0.39, 0.29) is 88.5 Å². The first kappa shape index (κ1) is 36.1. The predicted octanol–water partition coefficient (Wildman–Crippen LogP) is 3.44. The molecule has 0 saturated heterocycles. The summed E-state index contributed by atoms with van der Waals surface area (Å²) in [6.07, 6.45) is 1.97. The number of nitrogens with one attached hydrogen (secondary N) is 2. The minimum Gasteiger partial charge on any atom is -0.507 e. The number of phenolic OH excluding ortho intramolecular Hbond substituents is 2. The number of rotatable bonds is 2. The van der Waals surface area contributed by atoms with Crippen LogP contribution in [0, 0.1) is 0 Å². The van der Waals surface area contributed by atoms with Crippen molar-refractivity contribution in [2.45, 2.75) is 25.7 Å². The van der Waals surface area contributed by atoms with Crippen molar-refractivity contribution in [1.29, 1.82) is 0 Å². The molecule has 6 rings (SSSR count). The highest BCUT2D eigenvalue weighted by Gasteiger charge is 2.22. The zero-order chi connectivity index (χ0) is 36.5. The summed E-state index contributed by atoms with van der Waals surface area (Å²) >= 11 is 0. The number of hydrogen-bond acceptors (Lipinski definition) is 10. The molecule has 10 bridgehead atoms. The summed E-state index contributed by atoms with van der Waals surface area (Å²) in [6.45, 7) is 0.926. The molecule has 0 atom stereocenters. The fraction of sp³-hybridized carbons (Fsp3) is 0.300. The van der Waals surface area contributed by atoms with Gasteiger partial charge in [-0.15, -0.1) is 0 Å².